The summed E-state index contributed by atoms with van der Waals surface area (Å²) in [4.78, 5) is 0.860. The van der Waals surface area contributed by atoms with E-state index in [-0.39, 0.29) is 0 Å². The number of thiocarbonyl (C=S) groups is 1. The van der Waals surface area contributed by atoms with Crippen LogP contribution in [0, 0.1) is 6.92 Å². The lowest BCUT2D eigenvalue weighted by molar-refractivity contribution is 0.304. The minimum atomic E-state index is 0.811. The van der Waals surface area contributed by atoms with E-state index in [0.717, 1.165) is 34.8 Å². The Morgan fingerprint density at radius 3 is 1.61 bits per heavy atom. The van der Waals surface area contributed by atoms with Crippen molar-refractivity contribution in [3.05, 3.63) is 71.3 Å². The Labute approximate surface area is 227 Å². The van der Waals surface area contributed by atoms with Crippen molar-refractivity contribution in [2.75, 3.05) is 6.61 Å². The topological polar surface area (TPSA) is 9.23 Å². The van der Waals surface area contributed by atoms with Crippen molar-refractivity contribution >= 4 is 23.2 Å². The average Bonchev–Trinajstić information content (AvgIpc) is 2.90. The lowest BCUT2D eigenvalue weighted by atomic mass is 10.0. The molecule has 198 valence electrons. The quantitative estimate of drug-likeness (QED) is 0.0720. The van der Waals surface area contributed by atoms with Gasteiger partial charge in [-0.2, -0.15) is 0 Å². The minimum absolute atomic E-state index is 0.811. The summed E-state index contributed by atoms with van der Waals surface area (Å²) in [5, 5.41) is 0. The minimum Gasteiger partial charge on any atom is -0.494 e. The molecule has 0 spiro atoms. The van der Waals surface area contributed by atoms with E-state index in [2.05, 4.69) is 68.5 Å². The fourth-order valence-corrected chi connectivity index (χ4v) is 4.71. The summed E-state index contributed by atoms with van der Waals surface area (Å²) in [5.41, 5.74) is 3.48. The van der Waals surface area contributed by atoms with Crippen molar-refractivity contribution in [3.63, 3.8) is 0 Å². The molecule has 0 saturated carbocycles. The van der Waals surface area contributed by atoms with Crippen LogP contribution in [0.3, 0.4) is 0 Å². The van der Waals surface area contributed by atoms with Gasteiger partial charge in [0.15, 0.2) is 0 Å². The van der Waals surface area contributed by atoms with Crippen LogP contribution >= 0.6 is 12.2 Å². The van der Waals surface area contributed by atoms with Crippen LogP contribution in [0.1, 0.15) is 126 Å². The van der Waals surface area contributed by atoms with Crippen molar-refractivity contribution < 1.29 is 4.74 Å². The van der Waals surface area contributed by atoms with Gasteiger partial charge in [-0.3, -0.25) is 0 Å². The van der Waals surface area contributed by atoms with Gasteiger partial charge in [0.25, 0.3) is 0 Å². The molecule has 0 aliphatic rings. The van der Waals surface area contributed by atoms with Gasteiger partial charge < -0.3 is 4.74 Å². The van der Waals surface area contributed by atoms with E-state index in [1.54, 1.807) is 0 Å². The number of hydrogen-bond acceptors (Lipinski definition) is 2. The van der Waals surface area contributed by atoms with Gasteiger partial charge in [-0.1, -0.05) is 163 Å². The number of ether oxygens (including phenoxy) is 1. The number of benzene rings is 2. The fourth-order valence-electron chi connectivity index (χ4n) is 4.50. The lowest BCUT2D eigenvalue weighted by Crippen LogP contribution is -1.97. The molecule has 0 aromatic heterocycles. The SMILES string of the molecule is CCCCCCCCCCCCCCCCCCOc1ccc(C=CC(=S)c2ccc(C)cc2)cc1. The molecule has 1 nitrogen and oxygen atoms in total. The normalized spacial score (nSPS) is 11.3. The molecule has 0 aliphatic carbocycles. The zero-order valence-electron chi connectivity index (χ0n) is 23.1. The van der Waals surface area contributed by atoms with Gasteiger partial charge in [0, 0.05) is 4.86 Å². The monoisotopic (exact) mass is 506 g/mol. The molecular weight excluding hydrogens is 456 g/mol. The Kier molecular flexibility index (Phi) is 17.0. The summed E-state index contributed by atoms with van der Waals surface area (Å²) >= 11 is 5.53. The highest BCUT2D eigenvalue weighted by Gasteiger charge is 1.99. The van der Waals surface area contributed by atoms with Crippen LogP contribution in [0.25, 0.3) is 6.08 Å². The van der Waals surface area contributed by atoms with E-state index in [9.17, 15) is 0 Å². The molecule has 0 radical (unpaired) electrons. The van der Waals surface area contributed by atoms with Crippen molar-refractivity contribution in [2.24, 2.45) is 0 Å². The van der Waals surface area contributed by atoms with Gasteiger partial charge in [0.1, 0.15) is 5.75 Å². The van der Waals surface area contributed by atoms with Crippen LogP contribution in [0.2, 0.25) is 0 Å². The average molecular weight is 507 g/mol. The maximum atomic E-state index is 5.94. The van der Waals surface area contributed by atoms with Crippen molar-refractivity contribution in [3.8, 4) is 5.75 Å². The third-order valence-electron chi connectivity index (χ3n) is 6.91. The smallest absolute Gasteiger partial charge is 0.119 e. The number of aryl methyl sites for hydroxylation is 1. The molecule has 0 saturated heterocycles. The Morgan fingerprint density at radius 2 is 1.11 bits per heavy atom. The fraction of sp³-hybridized carbons (Fsp3) is 0.559. The van der Waals surface area contributed by atoms with E-state index < -0.39 is 0 Å². The van der Waals surface area contributed by atoms with Gasteiger partial charge >= 0.3 is 0 Å². The number of unbranched alkanes of at least 4 members (excludes halogenated alkanes) is 15. The molecular formula is C34H50OS. The van der Waals surface area contributed by atoms with Crippen LogP contribution < -0.4 is 4.74 Å². The second-order valence-corrected chi connectivity index (χ2v) is 10.7. The Hall–Kier alpha value is -1.93. The number of rotatable bonds is 21. The molecule has 0 atom stereocenters. The van der Waals surface area contributed by atoms with Gasteiger partial charge in [-0.15, -0.1) is 0 Å². The maximum Gasteiger partial charge on any atom is 0.119 e. The maximum absolute atomic E-state index is 5.94. The second-order valence-electron chi connectivity index (χ2n) is 10.3. The summed E-state index contributed by atoms with van der Waals surface area (Å²) in [6, 6.07) is 16.7. The first-order chi connectivity index (χ1) is 17.7. The largest absolute Gasteiger partial charge is 0.494 e. The van der Waals surface area contributed by atoms with E-state index in [0.29, 0.717) is 0 Å². The van der Waals surface area contributed by atoms with E-state index in [1.807, 2.05) is 6.08 Å². The lowest BCUT2D eigenvalue weighted by Gasteiger charge is -2.07. The third-order valence-corrected chi connectivity index (χ3v) is 7.28. The van der Waals surface area contributed by atoms with E-state index in [4.69, 9.17) is 17.0 Å². The molecule has 0 N–H and O–H groups in total. The Morgan fingerprint density at radius 1 is 0.639 bits per heavy atom. The van der Waals surface area contributed by atoms with Crippen molar-refractivity contribution in [1.82, 2.24) is 0 Å². The standard InChI is InChI=1S/C34H50OS/c1-3-4-5-6-7-8-9-10-11-12-13-14-15-16-17-18-29-35-33-26-21-31(22-27-33)23-28-34(36)32-24-19-30(2)20-25-32/h19-28H,3-18,29H2,1-2H3. The van der Waals surface area contributed by atoms with Gasteiger partial charge in [0.05, 0.1) is 6.61 Å². The highest BCUT2D eigenvalue weighted by molar-refractivity contribution is 7.81. The first-order valence-electron chi connectivity index (χ1n) is 14.7. The van der Waals surface area contributed by atoms with Gasteiger partial charge in [0.2, 0.25) is 0 Å². The molecule has 2 rings (SSSR count). The first kappa shape index (κ1) is 30.3. The Balaban J connectivity index is 1.42. The van der Waals surface area contributed by atoms with Crippen LogP contribution in [0.5, 0.6) is 5.75 Å². The summed E-state index contributed by atoms with van der Waals surface area (Å²) in [5.74, 6) is 0.953. The molecule has 0 fully saturated rings. The van der Waals surface area contributed by atoms with Crippen LogP contribution in [-0.2, 0) is 0 Å². The van der Waals surface area contributed by atoms with Crippen molar-refractivity contribution in [2.45, 2.75) is 117 Å². The van der Waals surface area contributed by atoms with E-state index >= 15 is 0 Å². The molecule has 0 amide bonds. The molecule has 2 aromatic rings. The number of hydrogen-bond donors (Lipinski definition) is 0. The molecule has 2 aromatic carbocycles. The molecule has 0 bridgehead atoms. The number of allylic oxidation sites excluding steroid dienone is 1. The predicted molar refractivity (Wildman–Crippen MR) is 163 cm³/mol. The van der Waals surface area contributed by atoms with Crippen LogP contribution in [-0.4, -0.2) is 11.5 Å². The molecule has 0 aliphatic heterocycles. The second kappa shape index (κ2) is 20.2. The highest BCUT2D eigenvalue weighted by Crippen LogP contribution is 2.16. The molecule has 0 unspecified atom stereocenters. The van der Waals surface area contributed by atoms with Gasteiger partial charge in [-0.25, -0.2) is 0 Å². The molecule has 36 heavy (non-hydrogen) atoms. The van der Waals surface area contributed by atoms with Crippen molar-refractivity contribution in [1.29, 1.82) is 0 Å². The zero-order chi connectivity index (χ0) is 25.7. The van der Waals surface area contributed by atoms with E-state index in [1.165, 1.54) is 102 Å². The Bertz CT molecular complexity index is 834. The summed E-state index contributed by atoms with van der Waals surface area (Å²) in [6.45, 7) is 5.19. The van der Waals surface area contributed by atoms with Crippen LogP contribution in [0.15, 0.2) is 54.6 Å². The predicted octanol–water partition coefficient (Wildman–Crippen LogP) is 11.1. The molecule has 2 heteroatoms. The summed E-state index contributed by atoms with van der Waals surface area (Å²) in [6.07, 6.45) is 26.4. The zero-order valence-corrected chi connectivity index (χ0v) is 23.9. The highest BCUT2D eigenvalue weighted by atomic mass is 32.1. The molecule has 0 heterocycles. The summed E-state index contributed by atoms with van der Waals surface area (Å²) in [7, 11) is 0. The first-order valence-corrected chi connectivity index (χ1v) is 15.1. The summed E-state index contributed by atoms with van der Waals surface area (Å²) < 4.78 is 5.94. The van der Waals surface area contributed by atoms with Crippen LogP contribution in [0.4, 0.5) is 0 Å². The van der Waals surface area contributed by atoms with Gasteiger partial charge in [-0.05, 0) is 42.7 Å². The third kappa shape index (κ3) is 14.6.